The second-order valence-corrected chi connectivity index (χ2v) is 3.57. The lowest BCUT2D eigenvalue weighted by Gasteiger charge is -2.03. The molecule has 0 aliphatic carbocycles. The fourth-order valence-corrected chi connectivity index (χ4v) is 1.47. The van der Waals surface area contributed by atoms with E-state index in [1.54, 1.807) is 19.1 Å². The van der Waals surface area contributed by atoms with Gasteiger partial charge in [-0.15, -0.1) is 4.68 Å². The fraction of sp³-hybridized carbons (Fsp3) is 0.100. The zero-order valence-electron chi connectivity index (χ0n) is 9.27. The molecule has 0 unspecified atom stereocenters. The predicted molar refractivity (Wildman–Crippen MR) is 59.7 cm³/mol. The molecule has 0 fully saturated rings. The van der Waals surface area contributed by atoms with E-state index in [-0.39, 0.29) is 11.3 Å². The summed E-state index contributed by atoms with van der Waals surface area (Å²) in [7, 11) is 0. The third-order valence-electron chi connectivity index (χ3n) is 2.27. The monoisotopic (exact) mass is 248 g/mol. The molecule has 2 rings (SSSR count). The number of benzene rings is 1. The summed E-state index contributed by atoms with van der Waals surface area (Å²) in [5.74, 6) is -1.71. The zero-order chi connectivity index (χ0) is 13.3. The molecule has 18 heavy (non-hydrogen) atoms. The van der Waals surface area contributed by atoms with E-state index in [1.165, 1.54) is 6.07 Å². The Hall–Kier alpha value is -2.77. The van der Waals surface area contributed by atoms with Gasteiger partial charge >= 0.3 is 11.9 Å². The summed E-state index contributed by atoms with van der Waals surface area (Å²) in [4.78, 5) is 24.3. The molecule has 8 nitrogen and oxygen atoms in total. The van der Waals surface area contributed by atoms with Gasteiger partial charge in [-0.1, -0.05) is 11.1 Å². The summed E-state index contributed by atoms with van der Waals surface area (Å²) in [6, 6.07) is 4.63. The Balaban J connectivity index is 2.57. The number of nitrogens with zero attached hydrogens (tertiary/aromatic N) is 4. The van der Waals surface area contributed by atoms with Crippen molar-refractivity contribution in [3.05, 3.63) is 45.8 Å². The first-order valence-electron chi connectivity index (χ1n) is 4.89. The van der Waals surface area contributed by atoms with Crippen molar-refractivity contribution in [3.8, 4) is 5.69 Å². The van der Waals surface area contributed by atoms with Gasteiger partial charge in [-0.25, -0.2) is 4.79 Å². The molecule has 92 valence electrons. The van der Waals surface area contributed by atoms with Crippen molar-refractivity contribution in [2.75, 3.05) is 0 Å². The molecule has 0 aliphatic heterocycles. The standard InChI is InChI=1S/C10H8N4O4/c1-6-2-3-7(9(15)16)8(4-6)13-5-11-10(12-13)14(17)18/h2-5H,1H3,(H,15,16). The van der Waals surface area contributed by atoms with Crippen LogP contribution in [-0.2, 0) is 0 Å². The van der Waals surface area contributed by atoms with E-state index in [9.17, 15) is 14.9 Å². The molecule has 1 heterocycles. The summed E-state index contributed by atoms with van der Waals surface area (Å²) in [5.41, 5.74) is 1.05. The largest absolute Gasteiger partial charge is 0.491 e. The Morgan fingerprint density at radius 1 is 1.50 bits per heavy atom. The summed E-state index contributed by atoms with van der Waals surface area (Å²) in [6.45, 7) is 1.78. The molecule has 0 bridgehead atoms. The summed E-state index contributed by atoms with van der Waals surface area (Å²) < 4.78 is 1.08. The molecule has 0 aliphatic rings. The van der Waals surface area contributed by atoms with Gasteiger partial charge in [0.25, 0.3) is 0 Å². The van der Waals surface area contributed by atoms with Crippen molar-refractivity contribution in [3.63, 3.8) is 0 Å². The van der Waals surface area contributed by atoms with Crippen LogP contribution in [0.25, 0.3) is 5.69 Å². The Morgan fingerprint density at radius 2 is 2.22 bits per heavy atom. The minimum Gasteiger partial charge on any atom is -0.478 e. The number of hydrogen-bond acceptors (Lipinski definition) is 5. The summed E-state index contributed by atoms with van der Waals surface area (Å²) in [6.07, 6.45) is 1.11. The third kappa shape index (κ3) is 2.03. The van der Waals surface area contributed by atoms with Crippen LogP contribution in [-0.4, -0.2) is 30.8 Å². The van der Waals surface area contributed by atoms with Crippen molar-refractivity contribution < 1.29 is 14.8 Å². The number of aromatic nitrogens is 3. The van der Waals surface area contributed by atoms with Gasteiger partial charge in [0.05, 0.1) is 11.3 Å². The molecular formula is C10H8N4O4. The summed E-state index contributed by atoms with van der Waals surface area (Å²) in [5, 5.41) is 23.1. The molecule has 1 aromatic carbocycles. The second-order valence-electron chi connectivity index (χ2n) is 3.57. The van der Waals surface area contributed by atoms with Crippen molar-refractivity contribution in [1.29, 1.82) is 0 Å². The number of rotatable bonds is 3. The molecule has 0 saturated heterocycles. The highest BCUT2D eigenvalue weighted by Gasteiger charge is 2.19. The number of hydrogen-bond donors (Lipinski definition) is 1. The van der Waals surface area contributed by atoms with Gasteiger partial charge in [-0.2, -0.15) is 0 Å². The third-order valence-corrected chi connectivity index (χ3v) is 2.27. The lowest BCUT2D eigenvalue weighted by molar-refractivity contribution is -0.394. The van der Waals surface area contributed by atoms with Crippen molar-refractivity contribution in [2.45, 2.75) is 6.92 Å². The highest BCUT2D eigenvalue weighted by molar-refractivity contribution is 5.92. The van der Waals surface area contributed by atoms with Crippen LogP contribution < -0.4 is 0 Å². The minimum absolute atomic E-state index is 0.000368. The first-order chi connectivity index (χ1) is 8.49. The van der Waals surface area contributed by atoms with Crippen molar-refractivity contribution >= 4 is 11.9 Å². The molecule has 0 spiro atoms. The molecule has 0 saturated carbocycles. The summed E-state index contributed by atoms with van der Waals surface area (Å²) >= 11 is 0. The van der Waals surface area contributed by atoms with E-state index in [0.29, 0.717) is 0 Å². The lowest BCUT2D eigenvalue weighted by Crippen LogP contribution is -2.06. The van der Waals surface area contributed by atoms with Gasteiger partial charge in [0.2, 0.25) is 6.33 Å². The topological polar surface area (TPSA) is 111 Å². The van der Waals surface area contributed by atoms with E-state index in [0.717, 1.165) is 16.6 Å². The number of carboxylic acid groups (broad SMARTS) is 1. The highest BCUT2D eigenvalue weighted by atomic mass is 16.6. The molecular weight excluding hydrogens is 240 g/mol. The normalized spacial score (nSPS) is 10.3. The van der Waals surface area contributed by atoms with Crippen molar-refractivity contribution in [1.82, 2.24) is 14.8 Å². The van der Waals surface area contributed by atoms with Gasteiger partial charge in [0.15, 0.2) is 0 Å². The van der Waals surface area contributed by atoms with Gasteiger partial charge in [0, 0.05) is 5.10 Å². The quantitative estimate of drug-likeness (QED) is 0.644. The lowest BCUT2D eigenvalue weighted by atomic mass is 10.1. The molecule has 8 heteroatoms. The fourth-order valence-electron chi connectivity index (χ4n) is 1.47. The average Bonchev–Trinajstić information content (AvgIpc) is 2.77. The van der Waals surface area contributed by atoms with Crippen LogP contribution in [0, 0.1) is 17.0 Å². The van der Waals surface area contributed by atoms with Crippen LogP contribution >= 0.6 is 0 Å². The maximum atomic E-state index is 11.1. The maximum Gasteiger partial charge on any atom is 0.491 e. The molecule has 1 aromatic heterocycles. The number of aryl methyl sites for hydroxylation is 1. The number of carbonyl (C=O) groups is 1. The average molecular weight is 248 g/mol. The molecule has 1 N–H and O–H groups in total. The van der Waals surface area contributed by atoms with Crippen LogP contribution in [0.5, 0.6) is 0 Å². The first-order valence-corrected chi connectivity index (χ1v) is 4.89. The first kappa shape index (κ1) is 11.7. The van der Waals surface area contributed by atoms with E-state index < -0.39 is 16.8 Å². The Kier molecular flexibility index (Phi) is 2.76. The Morgan fingerprint density at radius 3 is 2.78 bits per heavy atom. The van der Waals surface area contributed by atoms with Crippen LogP contribution in [0.2, 0.25) is 0 Å². The van der Waals surface area contributed by atoms with Gasteiger partial charge < -0.3 is 15.2 Å². The van der Waals surface area contributed by atoms with Crippen LogP contribution in [0.15, 0.2) is 24.5 Å². The smallest absolute Gasteiger partial charge is 0.478 e. The number of carboxylic acids is 1. The molecule has 0 atom stereocenters. The van der Waals surface area contributed by atoms with Gasteiger partial charge in [-0.3, -0.25) is 0 Å². The molecule has 0 radical (unpaired) electrons. The second kappa shape index (κ2) is 4.24. The van der Waals surface area contributed by atoms with E-state index in [1.807, 2.05) is 0 Å². The number of nitro groups is 1. The predicted octanol–water partition coefficient (Wildman–Crippen LogP) is 1.18. The SMILES string of the molecule is Cc1ccc(C(=O)O)c(-n2cnc([N+](=O)[O-])n2)c1. The van der Waals surface area contributed by atoms with E-state index in [2.05, 4.69) is 10.1 Å². The zero-order valence-corrected chi connectivity index (χ0v) is 9.27. The Bertz CT molecular complexity index is 635. The molecule has 0 amide bonds. The van der Waals surface area contributed by atoms with Crippen LogP contribution in [0.4, 0.5) is 5.95 Å². The highest BCUT2D eigenvalue weighted by Crippen LogP contribution is 2.17. The van der Waals surface area contributed by atoms with Crippen molar-refractivity contribution in [2.24, 2.45) is 0 Å². The van der Waals surface area contributed by atoms with E-state index >= 15 is 0 Å². The van der Waals surface area contributed by atoms with Gasteiger partial charge in [-0.05, 0) is 29.5 Å². The molecule has 2 aromatic rings. The van der Waals surface area contributed by atoms with Gasteiger partial charge in [0.1, 0.15) is 0 Å². The minimum atomic E-state index is -1.14. The maximum absolute atomic E-state index is 11.1. The van der Waals surface area contributed by atoms with Crippen LogP contribution in [0.3, 0.4) is 0 Å². The van der Waals surface area contributed by atoms with E-state index in [4.69, 9.17) is 5.11 Å². The number of aromatic carboxylic acids is 1. The Labute approximate surface area is 101 Å². The van der Waals surface area contributed by atoms with Crippen LogP contribution in [0.1, 0.15) is 15.9 Å².